The van der Waals surface area contributed by atoms with Gasteiger partial charge < -0.3 is 21.3 Å². The van der Waals surface area contributed by atoms with Gasteiger partial charge in [-0.2, -0.15) is 0 Å². The molecule has 0 spiro atoms. The minimum absolute atomic E-state index is 0.0586. The summed E-state index contributed by atoms with van der Waals surface area (Å²) in [6, 6.07) is 6.58. The first-order chi connectivity index (χ1) is 12.0. The molecular formula is C18H24N4O3. The topological polar surface area (TPSA) is 105 Å². The van der Waals surface area contributed by atoms with Crippen molar-refractivity contribution in [2.24, 2.45) is 11.7 Å². The number of hydrogen-bond acceptors (Lipinski definition) is 4. The molecule has 1 saturated carbocycles. The Bertz CT molecular complexity index is 669. The van der Waals surface area contributed by atoms with Crippen LogP contribution in [0.4, 0.5) is 5.69 Å². The largest absolute Gasteiger partial charge is 0.357 e. The standard InChI is InChI=1S/C18H24N4O3/c1-20-18(25)15-9-13(19)10-22(15)16(23)8-11-2-6-14(7-3-11)21-17(24)12-4-5-12/h2-3,6-7,12-13,15H,4-5,8-10,19H2,1H3,(H,20,25)(H,21,24)/t13-,15-/m0/s1. The predicted octanol–water partition coefficient (Wildman–Crippen LogP) is 0.252. The van der Waals surface area contributed by atoms with Crippen molar-refractivity contribution < 1.29 is 14.4 Å². The van der Waals surface area contributed by atoms with Gasteiger partial charge in [0.1, 0.15) is 6.04 Å². The molecule has 1 aromatic carbocycles. The van der Waals surface area contributed by atoms with Crippen LogP contribution in [-0.2, 0) is 20.8 Å². The number of carbonyl (C=O) groups is 3. The lowest BCUT2D eigenvalue weighted by Gasteiger charge is -2.23. The Kier molecular flexibility index (Phi) is 5.03. The van der Waals surface area contributed by atoms with E-state index in [1.807, 2.05) is 12.1 Å². The van der Waals surface area contributed by atoms with Crippen LogP contribution in [-0.4, -0.2) is 48.3 Å². The Morgan fingerprint density at radius 2 is 1.84 bits per heavy atom. The maximum Gasteiger partial charge on any atom is 0.242 e. The molecule has 2 fully saturated rings. The van der Waals surface area contributed by atoms with Crippen molar-refractivity contribution in [2.75, 3.05) is 18.9 Å². The van der Waals surface area contributed by atoms with Crippen molar-refractivity contribution in [1.29, 1.82) is 0 Å². The Morgan fingerprint density at radius 1 is 1.16 bits per heavy atom. The second-order valence-corrected chi connectivity index (χ2v) is 6.81. The number of likely N-dealkylation sites (tertiary alicyclic amines) is 1. The first-order valence-electron chi connectivity index (χ1n) is 8.64. The fraction of sp³-hybridized carbons (Fsp3) is 0.500. The molecule has 7 nitrogen and oxygen atoms in total. The van der Waals surface area contributed by atoms with Gasteiger partial charge in [-0.15, -0.1) is 0 Å². The van der Waals surface area contributed by atoms with Crippen molar-refractivity contribution in [1.82, 2.24) is 10.2 Å². The van der Waals surface area contributed by atoms with Crippen LogP contribution in [0.1, 0.15) is 24.8 Å². The van der Waals surface area contributed by atoms with E-state index in [1.54, 1.807) is 24.1 Å². The normalized spacial score (nSPS) is 22.6. The van der Waals surface area contributed by atoms with Gasteiger partial charge in [0.2, 0.25) is 17.7 Å². The summed E-state index contributed by atoms with van der Waals surface area (Å²) in [5.74, 6) is -0.0821. The van der Waals surface area contributed by atoms with Crippen LogP contribution >= 0.6 is 0 Å². The van der Waals surface area contributed by atoms with Crippen LogP contribution in [0.3, 0.4) is 0 Å². The predicted molar refractivity (Wildman–Crippen MR) is 93.7 cm³/mol. The highest BCUT2D eigenvalue weighted by molar-refractivity contribution is 5.94. The Hall–Kier alpha value is -2.41. The number of likely N-dealkylation sites (N-methyl/N-ethyl adjacent to an activating group) is 1. The maximum atomic E-state index is 12.6. The summed E-state index contributed by atoms with van der Waals surface area (Å²) in [5, 5.41) is 5.46. The van der Waals surface area contributed by atoms with Crippen molar-refractivity contribution in [3.05, 3.63) is 29.8 Å². The minimum Gasteiger partial charge on any atom is -0.357 e. The molecule has 25 heavy (non-hydrogen) atoms. The van der Waals surface area contributed by atoms with Gasteiger partial charge in [-0.05, 0) is 37.0 Å². The highest BCUT2D eigenvalue weighted by atomic mass is 16.2. The lowest BCUT2D eigenvalue weighted by molar-refractivity contribution is -0.137. The van der Waals surface area contributed by atoms with E-state index in [1.165, 1.54) is 0 Å². The zero-order valence-corrected chi connectivity index (χ0v) is 14.3. The number of benzene rings is 1. The Labute approximate surface area is 146 Å². The average Bonchev–Trinajstić information content (AvgIpc) is 3.38. The van der Waals surface area contributed by atoms with E-state index in [9.17, 15) is 14.4 Å². The molecule has 1 heterocycles. The van der Waals surface area contributed by atoms with E-state index in [0.29, 0.717) is 13.0 Å². The SMILES string of the molecule is CNC(=O)[C@@H]1C[C@H](N)CN1C(=O)Cc1ccc(NC(=O)C2CC2)cc1. The van der Waals surface area contributed by atoms with Crippen LogP contribution < -0.4 is 16.4 Å². The Morgan fingerprint density at radius 3 is 2.44 bits per heavy atom. The summed E-state index contributed by atoms with van der Waals surface area (Å²) >= 11 is 0. The molecule has 0 aromatic heterocycles. The number of nitrogens with one attached hydrogen (secondary N) is 2. The summed E-state index contributed by atoms with van der Waals surface area (Å²) in [4.78, 5) is 37.8. The number of carbonyl (C=O) groups excluding carboxylic acids is 3. The van der Waals surface area contributed by atoms with E-state index in [0.717, 1.165) is 24.1 Å². The van der Waals surface area contributed by atoms with Crippen LogP contribution in [0, 0.1) is 5.92 Å². The van der Waals surface area contributed by atoms with Crippen LogP contribution in [0.15, 0.2) is 24.3 Å². The molecule has 1 saturated heterocycles. The van der Waals surface area contributed by atoms with Gasteiger partial charge in [-0.3, -0.25) is 14.4 Å². The van der Waals surface area contributed by atoms with Gasteiger partial charge in [0.25, 0.3) is 0 Å². The molecule has 0 unspecified atom stereocenters. The van der Waals surface area contributed by atoms with Gasteiger partial charge in [-0.25, -0.2) is 0 Å². The molecule has 3 rings (SSSR count). The van der Waals surface area contributed by atoms with Crippen LogP contribution in [0.25, 0.3) is 0 Å². The molecule has 4 N–H and O–H groups in total. The molecule has 134 valence electrons. The van der Waals surface area contributed by atoms with E-state index < -0.39 is 6.04 Å². The molecule has 0 bridgehead atoms. The number of nitrogens with two attached hydrogens (primary N) is 1. The summed E-state index contributed by atoms with van der Waals surface area (Å²) in [6.45, 7) is 0.395. The third-order valence-electron chi connectivity index (χ3n) is 4.73. The number of rotatable bonds is 5. The molecule has 1 aromatic rings. The second kappa shape index (κ2) is 7.23. The van der Waals surface area contributed by atoms with E-state index in [4.69, 9.17) is 5.73 Å². The zero-order valence-electron chi connectivity index (χ0n) is 14.3. The summed E-state index contributed by atoms with van der Waals surface area (Å²) in [6.07, 6.45) is 2.61. The van der Waals surface area contributed by atoms with Crippen molar-refractivity contribution in [3.8, 4) is 0 Å². The zero-order chi connectivity index (χ0) is 18.0. The van der Waals surface area contributed by atoms with Crippen LogP contribution in [0.5, 0.6) is 0 Å². The lowest BCUT2D eigenvalue weighted by atomic mass is 10.1. The first-order valence-corrected chi connectivity index (χ1v) is 8.64. The van der Waals surface area contributed by atoms with Crippen LogP contribution in [0.2, 0.25) is 0 Å². The van der Waals surface area contributed by atoms with E-state index in [2.05, 4.69) is 10.6 Å². The lowest BCUT2D eigenvalue weighted by Crippen LogP contribution is -2.45. The molecule has 2 aliphatic rings. The maximum absolute atomic E-state index is 12.6. The third kappa shape index (κ3) is 4.17. The minimum atomic E-state index is -0.496. The summed E-state index contributed by atoms with van der Waals surface area (Å²) in [5.41, 5.74) is 7.49. The van der Waals surface area contributed by atoms with E-state index >= 15 is 0 Å². The fourth-order valence-corrected chi connectivity index (χ4v) is 3.13. The van der Waals surface area contributed by atoms with Gasteiger partial charge in [0.05, 0.1) is 6.42 Å². The van der Waals surface area contributed by atoms with Crippen molar-refractivity contribution in [2.45, 2.75) is 37.8 Å². The number of amides is 3. The summed E-state index contributed by atoms with van der Waals surface area (Å²) in [7, 11) is 1.56. The number of hydrogen-bond donors (Lipinski definition) is 3. The number of nitrogens with zero attached hydrogens (tertiary/aromatic N) is 1. The monoisotopic (exact) mass is 344 g/mol. The second-order valence-electron chi connectivity index (χ2n) is 6.81. The highest BCUT2D eigenvalue weighted by Crippen LogP contribution is 2.30. The first kappa shape index (κ1) is 17.4. The third-order valence-corrected chi connectivity index (χ3v) is 4.73. The van der Waals surface area contributed by atoms with Crippen molar-refractivity contribution in [3.63, 3.8) is 0 Å². The van der Waals surface area contributed by atoms with Crippen molar-refractivity contribution >= 4 is 23.4 Å². The molecular weight excluding hydrogens is 320 g/mol. The molecule has 7 heteroatoms. The molecule has 3 amide bonds. The van der Waals surface area contributed by atoms with Gasteiger partial charge in [-0.1, -0.05) is 12.1 Å². The quantitative estimate of drug-likeness (QED) is 0.712. The number of anilines is 1. The van der Waals surface area contributed by atoms with Gasteiger partial charge in [0, 0.05) is 31.2 Å². The van der Waals surface area contributed by atoms with E-state index in [-0.39, 0.29) is 36.1 Å². The summed E-state index contributed by atoms with van der Waals surface area (Å²) < 4.78 is 0. The molecule has 1 aliphatic carbocycles. The Balaban J connectivity index is 1.60. The molecule has 1 aliphatic heterocycles. The highest BCUT2D eigenvalue weighted by Gasteiger charge is 2.37. The van der Waals surface area contributed by atoms with Gasteiger partial charge in [0.15, 0.2) is 0 Å². The fourth-order valence-electron chi connectivity index (χ4n) is 3.13. The average molecular weight is 344 g/mol. The molecule has 0 radical (unpaired) electrons. The van der Waals surface area contributed by atoms with Gasteiger partial charge >= 0.3 is 0 Å². The smallest absolute Gasteiger partial charge is 0.242 e. The molecule has 2 atom stereocenters.